The van der Waals surface area contributed by atoms with Crippen LogP contribution in [0.4, 0.5) is 20.6 Å². The van der Waals surface area contributed by atoms with E-state index >= 15 is 0 Å². The van der Waals surface area contributed by atoms with E-state index in [4.69, 9.17) is 21.1 Å². The van der Waals surface area contributed by atoms with Crippen LogP contribution in [0.1, 0.15) is 43.6 Å². The van der Waals surface area contributed by atoms with E-state index in [0.717, 1.165) is 40.4 Å². The molecule has 262 valence electrons. The number of nitrogens with one attached hydrogen (secondary N) is 2. The first-order chi connectivity index (χ1) is 23.9. The summed E-state index contributed by atoms with van der Waals surface area (Å²) in [5, 5.41) is 15.5. The number of aliphatic hydroxyl groups excluding tert-OH is 1. The molecule has 1 atom stereocenters. The van der Waals surface area contributed by atoms with E-state index in [0.29, 0.717) is 39.9 Å². The third-order valence-corrected chi connectivity index (χ3v) is 9.40. The van der Waals surface area contributed by atoms with E-state index in [1.165, 1.54) is 19.4 Å². The molecule has 0 radical (unpaired) electrons. The Morgan fingerprint density at radius 3 is 2.58 bits per heavy atom. The number of methoxy groups -OCH3 is 1. The van der Waals surface area contributed by atoms with Gasteiger partial charge in [0.1, 0.15) is 18.1 Å². The van der Waals surface area contributed by atoms with Gasteiger partial charge >= 0.3 is 6.09 Å². The number of aliphatic hydroxyl groups is 1. The summed E-state index contributed by atoms with van der Waals surface area (Å²) in [5.74, 6) is -0.326. The number of anilines is 2. The second kappa shape index (κ2) is 14.1. The maximum absolute atomic E-state index is 14.7. The number of hydrogen-bond acceptors (Lipinski definition) is 9. The molecule has 3 N–H and O–H groups in total. The molecule has 2 aliphatic rings. The van der Waals surface area contributed by atoms with Crippen LogP contribution in [0.5, 0.6) is 5.75 Å². The van der Waals surface area contributed by atoms with E-state index in [1.54, 1.807) is 24.3 Å². The molecular weight excluding hydrogens is 669 g/mol. The number of rotatable bonds is 9. The van der Waals surface area contributed by atoms with Gasteiger partial charge in [0, 0.05) is 61.3 Å². The molecule has 2 aromatic carbocycles. The minimum atomic E-state index is -2.09. The van der Waals surface area contributed by atoms with Crippen molar-refractivity contribution in [3.8, 4) is 16.9 Å². The topological polar surface area (TPSA) is 151 Å². The summed E-state index contributed by atoms with van der Waals surface area (Å²) < 4.78 is 26.9. The summed E-state index contributed by atoms with van der Waals surface area (Å²) >= 11 is 6.89. The second-order valence-electron chi connectivity index (χ2n) is 12.5. The van der Waals surface area contributed by atoms with Gasteiger partial charge in [-0.3, -0.25) is 14.6 Å². The molecule has 0 unspecified atom stereocenters. The third kappa shape index (κ3) is 6.86. The van der Waals surface area contributed by atoms with Gasteiger partial charge in [0.25, 0.3) is 11.8 Å². The molecule has 0 bridgehead atoms. The molecule has 13 nitrogen and oxygen atoms in total. The van der Waals surface area contributed by atoms with Crippen LogP contribution in [0, 0.1) is 6.92 Å². The number of nitrogens with zero attached hydrogens (tertiary/aromatic N) is 5. The number of carbonyl (C=O) groups is 3. The van der Waals surface area contributed by atoms with E-state index in [2.05, 4.69) is 25.5 Å². The number of benzene rings is 2. The number of cyclic esters (lactones) is 1. The largest absolute Gasteiger partial charge is 0.496 e. The second-order valence-corrected chi connectivity index (χ2v) is 12.9. The molecule has 0 aliphatic carbocycles. The number of hydrogen-bond donors (Lipinski definition) is 3. The average Bonchev–Trinajstić information content (AvgIpc) is 3.43. The van der Waals surface area contributed by atoms with Gasteiger partial charge in [-0.2, -0.15) is 0 Å². The molecule has 0 saturated carbocycles. The Kier molecular flexibility index (Phi) is 9.78. The lowest BCUT2D eigenvalue weighted by Crippen LogP contribution is -2.53. The van der Waals surface area contributed by atoms with Crippen LogP contribution in [-0.4, -0.2) is 93.5 Å². The van der Waals surface area contributed by atoms with E-state index in [9.17, 15) is 23.9 Å². The van der Waals surface area contributed by atoms with Gasteiger partial charge in [0.15, 0.2) is 11.5 Å². The van der Waals surface area contributed by atoms with Gasteiger partial charge in [-0.15, -0.1) is 0 Å². The van der Waals surface area contributed by atoms with Crippen molar-refractivity contribution in [1.29, 1.82) is 0 Å². The Bertz CT molecular complexity index is 1990. The maximum Gasteiger partial charge on any atom is 0.410 e. The van der Waals surface area contributed by atoms with Crippen LogP contribution in [0.3, 0.4) is 0 Å². The molecule has 4 aromatic rings. The number of alkyl halides is 1. The van der Waals surface area contributed by atoms with Crippen molar-refractivity contribution in [2.45, 2.75) is 32.1 Å². The zero-order valence-electron chi connectivity index (χ0n) is 28.0. The molecule has 3 amide bonds. The molecule has 2 aliphatic heterocycles. The summed E-state index contributed by atoms with van der Waals surface area (Å²) in [6.45, 7) is 1.61. The molecule has 2 aromatic heterocycles. The van der Waals surface area contributed by atoms with Crippen molar-refractivity contribution >= 4 is 40.9 Å². The van der Waals surface area contributed by atoms with Crippen molar-refractivity contribution in [2.24, 2.45) is 7.05 Å². The van der Waals surface area contributed by atoms with Gasteiger partial charge in [-0.05, 0) is 37.2 Å². The Morgan fingerprint density at radius 1 is 1.12 bits per heavy atom. The summed E-state index contributed by atoms with van der Waals surface area (Å²) in [6, 6.07) is 12.2. The molecule has 15 heteroatoms. The highest BCUT2D eigenvalue weighted by molar-refractivity contribution is 6.36. The first-order valence-corrected chi connectivity index (χ1v) is 16.3. The highest BCUT2D eigenvalue weighted by Gasteiger charge is 2.40. The van der Waals surface area contributed by atoms with Crippen molar-refractivity contribution in [1.82, 2.24) is 24.3 Å². The molecule has 4 heterocycles. The van der Waals surface area contributed by atoms with Crippen LogP contribution in [0.2, 0.25) is 5.02 Å². The standard InChI is InChI=1S/C35H37ClFN7O6/c1-20-22(23-8-6-10-25(30(23)36)41-33(47)31-39-27-16-42(2)12-11-28(27)43(31)3)7-5-9-24(20)40-32(46)26-13-29(49-4)21(14-38-26)15-44-17-35(37,18-45)19-50-34(44)48/h5-10,13-14,45H,11-12,15-19H2,1-4H3,(H,40,46)(H,41,47)/t35-/m0/s1. The number of ether oxygens (including phenoxy) is 2. The Morgan fingerprint density at radius 2 is 1.84 bits per heavy atom. The Balaban J connectivity index is 1.19. The van der Waals surface area contributed by atoms with Gasteiger partial charge in [0.05, 0.1) is 43.2 Å². The fourth-order valence-corrected chi connectivity index (χ4v) is 6.46. The highest BCUT2D eigenvalue weighted by Crippen LogP contribution is 2.38. The summed E-state index contributed by atoms with van der Waals surface area (Å²) in [4.78, 5) is 51.1. The first-order valence-electron chi connectivity index (χ1n) is 15.9. The number of amides is 3. The van der Waals surface area contributed by atoms with Crippen molar-refractivity contribution in [3.05, 3.63) is 87.7 Å². The van der Waals surface area contributed by atoms with E-state index in [-0.39, 0.29) is 30.4 Å². The number of imidazole rings is 1. The molecule has 50 heavy (non-hydrogen) atoms. The summed E-state index contributed by atoms with van der Waals surface area (Å²) in [5.41, 5.74) is 3.34. The number of halogens is 2. The SMILES string of the molecule is COc1cc(C(=O)Nc2cccc(-c3cccc(NC(=O)c4nc5c(n4C)CCN(C)C5)c3Cl)c2C)ncc1CN1C[C@](F)(CO)COC1=O. The van der Waals surface area contributed by atoms with Crippen molar-refractivity contribution in [3.63, 3.8) is 0 Å². The molecule has 6 rings (SSSR count). The lowest BCUT2D eigenvalue weighted by molar-refractivity contribution is -0.0564. The normalized spacial score (nSPS) is 17.6. The van der Waals surface area contributed by atoms with Gasteiger partial charge in [-0.1, -0.05) is 35.9 Å². The highest BCUT2D eigenvalue weighted by atomic mass is 35.5. The number of pyridine rings is 1. The minimum Gasteiger partial charge on any atom is -0.496 e. The third-order valence-electron chi connectivity index (χ3n) is 9.00. The maximum atomic E-state index is 14.7. The Labute approximate surface area is 293 Å². The zero-order chi connectivity index (χ0) is 35.7. The van der Waals surface area contributed by atoms with E-state index in [1.807, 2.05) is 37.7 Å². The fourth-order valence-electron chi connectivity index (χ4n) is 6.18. The lowest BCUT2D eigenvalue weighted by atomic mass is 9.98. The number of fused-ring (bicyclic) bond motifs is 1. The van der Waals surface area contributed by atoms with Gasteiger partial charge in [-0.25, -0.2) is 14.2 Å². The fraction of sp³-hybridized carbons (Fsp3) is 0.343. The minimum absolute atomic E-state index is 0.0390. The quantitative estimate of drug-likeness (QED) is 0.227. The zero-order valence-corrected chi connectivity index (χ0v) is 28.8. The van der Waals surface area contributed by atoms with Crippen LogP contribution in [0.15, 0.2) is 48.7 Å². The molecule has 1 fully saturated rings. The molecule has 0 spiro atoms. The smallest absolute Gasteiger partial charge is 0.410 e. The molecular formula is C35H37ClFN7O6. The van der Waals surface area contributed by atoms with Crippen LogP contribution >= 0.6 is 11.6 Å². The van der Waals surface area contributed by atoms with Crippen LogP contribution in [0.25, 0.3) is 11.1 Å². The average molecular weight is 706 g/mol. The first kappa shape index (κ1) is 34.8. The van der Waals surface area contributed by atoms with Crippen LogP contribution in [-0.2, 0) is 31.3 Å². The summed E-state index contributed by atoms with van der Waals surface area (Å²) in [6.07, 6.45) is 1.44. The van der Waals surface area contributed by atoms with E-state index < -0.39 is 30.9 Å². The predicted octanol–water partition coefficient (Wildman–Crippen LogP) is 4.60. The lowest BCUT2D eigenvalue weighted by Gasteiger charge is -2.35. The number of aromatic nitrogens is 3. The van der Waals surface area contributed by atoms with Gasteiger partial charge < -0.3 is 39.6 Å². The summed E-state index contributed by atoms with van der Waals surface area (Å²) in [7, 11) is 5.27. The van der Waals surface area contributed by atoms with Crippen molar-refractivity contribution in [2.75, 3.05) is 51.1 Å². The Hall–Kier alpha value is -5.05. The number of carbonyl (C=O) groups excluding carboxylic acids is 3. The predicted molar refractivity (Wildman–Crippen MR) is 184 cm³/mol. The van der Waals surface area contributed by atoms with Crippen LogP contribution < -0.4 is 15.4 Å². The van der Waals surface area contributed by atoms with Gasteiger partial charge in [0.2, 0.25) is 0 Å². The number of likely N-dealkylation sites (N-methyl/N-ethyl adjacent to an activating group) is 1. The monoisotopic (exact) mass is 705 g/mol. The van der Waals surface area contributed by atoms with Crippen molar-refractivity contribution < 1.29 is 33.4 Å². The molecule has 1 saturated heterocycles.